The van der Waals surface area contributed by atoms with E-state index in [0.29, 0.717) is 36.7 Å². The molecule has 0 unspecified atom stereocenters. The van der Waals surface area contributed by atoms with Crippen LogP contribution in [0.25, 0.3) is 0 Å². The van der Waals surface area contributed by atoms with E-state index in [2.05, 4.69) is 15.6 Å². The van der Waals surface area contributed by atoms with Crippen molar-refractivity contribution in [1.29, 1.82) is 0 Å². The molecule has 2 aliphatic rings. The number of aromatic nitrogens is 1. The van der Waals surface area contributed by atoms with Gasteiger partial charge >= 0.3 is 12.0 Å². The van der Waals surface area contributed by atoms with E-state index in [1.807, 2.05) is 6.20 Å². The summed E-state index contributed by atoms with van der Waals surface area (Å²) in [5, 5.41) is 15.3. The third-order valence-electron chi connectivity index (χ3n) is 4.78. The second kappa shape index (κ2) is 7.94. The van der Waals surface area contributed by atoms with Gasteiger partial charge in [0.2, 0.25) is 0 Å². The van der Waals surface area contributed by atoms with Gasteiger partial charge in [-0.3, -0.25) is 10.1 Å². The van der Waals surface area contributed by atoms with Gasteiger partial charge in [0.15, 0.2) is 5.13 Å². The molecule has 0 atom stereocenters. The Balaban J connectivity index is 1.45. The van der Waals surface area contributed by atoms with Gasteiger partial charge in [-0.2, -0.15) is 0 Å². The summed E-state index contributed by atoms with van der Waals surface area (Å²) in [6.07, 6.45) is 6.48. The lowest BCUT2D eigenvalue weighted by Gasteiger charge is -2.26. The van der Waals surface area contributed by atoms with Gasteiger partial charge in [0.05, 0.1) is 5.92 Å². The summed E-state index contributed by atoms with van der Waals surface area (Å²) in [6.45, 7) is 1.57. The van der Waals surface area contributed by atoms with E-state index in [9.17, 15) is 9.59 Å². The first-order chi connectivity index (χ1) is 11.6. The van der Waals surface area contributed by atoms with Crippen molar-refractivity contribution in [2.24, 2.45) is 5.92 Å². The SMILES string of the molecule is O=C(Nc1ncc(C2CCOCC2)s1)NC1CCC(C(=O)O)CC1. The zero-order valence-electron chi connectivity index (χ0n) is 13.5. The maximum Gasteiger partial charge on any atom is 0.321 e. The minimum absolute atomic E-state index is 0.0375. The van der Waals surface area contributed by atoms with Crippen molar-refractivity contribution in [3.63, 3.8) is 0 Å². The molecule has 3 rings (SSSR count). The lowest BCUT2D eigenvalue weighted by molar-refractivity contribution is -0.142. The number of ether oxygens (including phenoxy) is 1. The quantitative estimate of drug-likeness (QED) is 0.773. The summed E-state index contributed by atoms with van der Waals surface area (Å²) >= 11 is 1.52. The molecule has 8 heteroatoms. The van der Waals surface area contributed by atoms with Crippen LogP contribution in [0.15, 0.2) is 6.20 Å². The average molecular weight is 353 g/mol. The van der Waals surface area contributed by atoms with E-state index >= 15 is 0 Å². The zero-order valence-corrected chi connectivity index (χ0v) is 14.3. The Kier molecular flexibility index (Phi) is 5.68. The van der Waals surface area contributed by atoms with E-state index < -0.39 is 5.97 Å². The van der Waals surface area contributed by atoms with Crippen LogP contribution in [0, 0.1) is 5.92 Å². The molecule has 0 aromatic carbocycles. The number of nitrogens with one attached hydrogen (secondary N) is 2. The number of nitrogens with zero attached hydrogens (tertiary/aromatic N) is 1. The van der Waals surface area contributed by atoms with Crippen molar-refractivity contribution in [3.05, 3.63) is 11.1 Å². The minimum Gasteiger partial charge on any atom is -0.481 e. The van der Waals surface area contributed by atoms with Gasteiger partial charge in [-0.05, 0) is 44.4 Å². The topological polar surface area (TPSA) is 101 Å². The van der Waals surface area contributed by atoms with Gasteiger partial charge in [0, 0.05) is 30.3 Å². The van der Waals surface area contributed by atoms with Crippen LogP contribution in [0.1, 0.15) is 49.3 Å². The first-order valence-electron chi connectivity index (χ1n) is 8.45. The fourth-order valence-electron chi connectivity index (χ4n) is 3.32. The molecular formula is C16H23N3O4S. The van der Waals surface area contributed by atoms with E-state index in [-0.39, 0.29) is 18.0 Å². The van der Waals surface area contributed by atoms with Crippen LogP contribution >= 0.6 is 11.3 Å². The maximum absolute atomic E-state index is 12.1. The number of rotatable bonds is 4. The number of urea groups is 1. The number of thiazole rings is 1. The molecular weight excluding hydrogens is 330 g/mol. The molecule has 2 fully saturated rings. The van der Waals surface area contributed by atoms with Gasteiger partial charge in [-0.25, -0.2) is 9.78 Å². The highest BCUT2D eigenvalue weighted by atomic mass is 32.1. The van der Waals surface area contributed by atoms with E-state index in [0.717, 1.165) is 26.1 Å². The number of carbonyl (C=O) groups excluding carboxylic acids is 1. The van der Waals surface area contributed by atoms with Gasteiger partial charge in [0.25, 0.3) is 0 Å². The largest absolute Gasteiger partial charge is 0.481 e. The van der Waals surface area contributed by atoms with Crippen molar-refractivity contribution in [3.8, 4) is 0 Å². The molecule has 1 aliphatic carbocycles. The zero-order chi connectivity index (χ0) is 16.9. The first kappa shape index (κ1) is 17.2. The highest BCUT2D eigenvalue weighted by Gasteiger charge is 2.27. The normalized spacial score (nSPS) is 25.2. The fourth-order valence-corrected chi connectivity index (χ4v) is 4.30. The fraction of sp³-hybridized carbons (Fsp3) is 0.688. The van der Waals surface area contributed by atoms with Crippen molar-refractivity contribution in [2.75, 3.05) is 18.5 Å². The molecule has 1 aliphatic heterocycles. The molecule has 3 N–H and O–H groups in total. The van der Waals surface area contributed by atoms with Crippen molar-refractivity contribution >= 4 is 28.5 Å². The van der Waals surface area contributed by atoms with E-state index in [1.165, 1.54) is 16.2 Å². The number of hydrogen-bond acceptors (Lipinski definition) is 5. The predicted molar refractivity (Wildman–Crippen MR) is 90.4 cm³/mol. The van der Waals surface area contributed by atoms with Gasteiger partial charge in [-0.15, -0.1) is 11.3 Å². The Hall–Kier alpha value is -1.67. The molecule has 1 aromatic heterocycles. The van der Waals surface area contributed by atoms with Crippen LogP contribution in [0.3, 0.4) is 0 Å². The smallest absolute Gasteiger partial charge is 0.321 e. The number of hydrogen-bond donors (Lipinski definition) is 3. The predicted octanol–water partition coefficient (Wildman–Crippen LogP) is 2.80. The average Bonchev–Trinajstić information content (AvgIpc) is 3.04. The molecule has 2 heterocycles. The van der Waals surface area contributed by atoms with Gasteiger partial charge < -0.3 is 15.2 Å². The molecule has 24 heavy (non-hydrogen) atoms. The second-order valence-corrected chi connectivity index (χ2v) is 7.50. The number of carboxylic acids is 1. The summed E-state index contributed by atoms with van der Waals surface area (Å²) in [5.41, 5.74) is 0. The van der Waals surface area contributed by atoms with Crippen LogP contribution in [0.2, 0.25) is 0 Å². The second-order valence-electron chi connectivity index (χ2n) is 6.44. The summed E-state index contributed by atoms with van der Waals surface area (Å²) in [4.78, 5) is 28.5. The molecule has 1 aromatic rings. The summed E-state index contributed by atoms with van der Waals surface area (Å²) in [7, 11) is 0. The molecule has 0 bridgehead atoms. The summed E-state index contributed by atoms with van der Waals surface area (Å²) in [6, 6.07) is -0.225. The number of aliphatic carboxylic acids is 1. The number of amides is 2. The van der Waals surface area contributed by atoms with Crippen LogP contribution in [-0.4, -0.2) is 41.3 Å². The molecule has 132 valence electrons. The summed E-state index contributed by atoms with van der Waals surface area (Å²) in [5.74, 6) is -0.533. The Bertz CT molecular complexity index is 578. The first-order valence-corrected chi connectivity index (χ1v) is 9.27. The highest BCUT2D eigenvalue weighted by molar-refractivity contribution is 7.15. The van der Waals surface area contributed by atoms with Crippen molar-refractivity contribution < 1.29 is 19.4 Å². The maximum atomic E-state index is 12.1. The minimum atomic E-state index is -0.735. The lowest BCUT2D eigenvalue weighted by atomic mass is 9.86. The number of anilines is 1. The Labute approximate surface area is 144 Å². The van der Waals surface area contributed by atoms with E-state index in [4.69, 9.17) is 9.84 Å². The van der Waals surface area contributed by atoms with Crippen LogP contribution in [-0.2, 0) is 9.53 Å². The standard InChI is InChI=1S/C16H23N3O4S/c20-14(21)11-1-3-12(4-2-11)18-15(22)19-16-17-9-13(24-16)10-5-7-23-8-6-10/h9-12H,1-8H2,(H,20,21)(H2,17,18,19,22). The third kappa shape index (κ3) is 4.45. The Morgan fingerprint density at radius 2 is 1.88 bits per heavy atom. The van der Waals surface area contributed by atoms with Crippen molar-refractivity contribution in [2.45, 2.75) is 50.5 Å². The Morgan fingerprint density at radius 3 is 2.54 bits per heavy atom. The van der Waals surface area contributed by atoms with Crippen LogP contribution < -0.4 is 10.6 Å². The molecule has 1 saturated heterocycles. The van der Waals surface area contributed by atoms with Crippen LogP contribution in [0.5, 0.6) is 0 Å². The van der Waals surface area contributed by atoms with Gasteiger partial charge in [-0.1, -0.05) is 0 Å². The molecule has 0 radical (unpaired) electrons. The van der Waals surface area contributed by atoms with Crippen molar-refractivity contribution in [1.82, 2.24) is 10.3 Å². The molecule has 2 amide bonds. The van der Waals surface area contributed by atoms with E-state index in [1.54, 1.807) is 0 Å². The third-order valence-corrected chi connectivity index (χ3v) is 5.85. The number of carboxylic acid groups (broad SMARTS) is 1. The summed E-state index contributed by atoms with van der Waals surface area (Å²) < 4.78 is 5.37. The number of carbonyl (C=O) groups is 2. The Morgan fingerprint density at radius 1 is 1.17 bits per heavy atom. The molecule has 1 saturated carbocycles. The van der Waals surface area contributed by atoms with Gasteiger partial charge in [0.1, 0.15) is 0 Å². The highest BCUT2D eigenvalue weighted by Crippen LogP contribution is 2.32. The molecule has 7 nitrogen and oxygen atoms in total. The monoisotopic (exact) mass is 353 g/mol. The van der Waals surface area contributed by atoms with Crippen LogP contribution in [0.4, 0.5) is 9.93 Å². The molecule has 0 spiro atoms. The lowest BCUT2D eigenvalue weighted by Crippen LogP contribution is -2.40.